The number of sulfonamides is 1. The molecule has 1 unspecified atom stereocenters. The summed E-state index contributed by atoms with van der Waals surface area (Å²) in [5, 5.41) is 17.6. The lowest BCUT2D eigenvalue weighted by molar-refractivity contribution is 0.0696. The number of hydrogen-bond acceptors (Lipinski definition) is 4. The lowest BCUT2D eigenvalue weighted by Crippen LogP contribution is -2.30. The molecule has 0 spiro atoms. The molecule has 1 aromatic carbocycles. The van der Waals surface area contributed by atoms with Crippen LogP contribution in [0.4, 0.5) is 4.39 Å². The Morgan fingerprint density at radius 3 is 2.60 bits per heavy atom. The Morgan fingerprint density at radius 2 is 2.10 bits per heavy atom. The molecule has 6 nitrogen and oxygen atoms in total. The van der Waals surface area contributed by atoms with Gasteiger partial charge in [0.25, 0.3) is 0 Å². The summed E-state index contributed by atoms with van der Waals surface area (Å²) in [5.74, 6) is -2.64. The first kappa shape index (κ1) is 15.2. The van der Waals surface area contributed by atoms with Gasteiger partial charge in [-0.1, -0.05) is 11.6 Å². The fraction of sp³-hybridized carbons (Fsp3) is 0.364. The Hall–Kier alpha value is -1.22. The van der Waals surface area contributed by atoms with Crippen molar-refractivity contribution in [2.75, 3.05) is 13.1 Å². The Kier molecular flexibility index (Phi) is 4.01. The van der Waals surface area contributed by atoms with E-state index in [2.05, 4.69) is 0 Å². The van der Waals surface area contributed by atoms with Crippen LogP contribution in [-0.4, -0.2) is 48.1 Å². The van der Waals surface area contributed by atoms with Crippen molar-refractivity contribution in [3.05, 3.63) is 28.5 Å². The van der Waals surface area contributed by atoms with Crippen molar-refractivity contribution in [2.45, 2.75) is 17.4 Å². The van der Waals surface area contributed by atoms with Crippen LogP contribution >= 0.6 is 11.6 Å². The molecule has 0 amide bonds. The zero-order valence-electron chi connectivity index (χ0n) is 10.1. The third-order valence-electron chi connectivity index (χ3n) is 3.00. The van der Waals surface area contributed by atoms with Crippen LogP contribution < -0.4 is 0 Å². The quantitative estimate of drug-likeness (QED) is 0.863. The maximum atomic E-state index is 13.6. The molecule has 1 atom stereocenters. The van der Waals surface area contributed by atoms with Crippen LogP contribution in [0, 0.1) is 5.82 Å². The number of β-amino-alcohol motifs (C(OH)–C–C–N with tert-alkyl or cyclic N) is 1. The minimum Gasteiger partial charge on any atom is -0.478 e. The maximum absolute atomic E-state index is 13.6. The van der Waals surface area contributed by atoms with E-state index in [9.17, 15) is 22.7 Å². The Bertz CT molecular complexity index is 663. The molecule has 1 aliphatic rings. The number of aliphatic hydroxyl groups is 1. The first-order chi connectivity index (χ1) is 9.23. The van der Waals surface area contributed by atoms with Crippen molar-refractivity contribution in [1.29, 1.82) is 0 Å². The highest BCUT2D eigenvalue weighted by Gasteiger charge is 2.33. The average molecular weight is 324 g/mol. The molecule has 1 aromatic rings. The van der Waals surface area contributed by atoms with Crippen LogP contribution in [0.15, 0.2) is 17.0 Å². The summed E-state index contributed by atoms with van der Waals surface area (Å²) >= 11 is 5.49. The molecule has 1 heterocycles. The molecule has 0 radical (unpaired) electrons. The summed E-state index contributed by atoms with van der Waals surface area (Å²) in [6.07, 6.45) is -0.498. The van der Waals surface area contributed by atoms with Crippen molar-refractivity contribution in [3.8, 4) is 0 Å². The van der Waals surface area contributed by atoms with Crippen LogP contribution in [0.2, 0.25) is 5.02 Å². The predicted molar refractivity (Wildman–Crippen MR) is 67.8 cm³/mol. The van der Waals surface area contributed by atoms with Crippen molar-refractivity contribution >= 4 is 27.6 Å². The number of hydrogen-bond donors (Lipinski definition) is 2. The maximum Gasteiger partial charge on any atom is 0.337 e. The second-order valence-corrected chi connectivity index (χ2v) is 6.69. The van der Waals surface area contributed by atoms with Crippen molar-refractivity contribution < 1.29 is 27.8 Å². The second kappa shape index (κ2) is 5.28. The largest absolute Gasteiger partial charge is 0.478 e. The number of aromatic carboxylic acids is 1. The number of rotatable bonds is 3. The first-order valence-corrected chi connectivity index (χ1v) is 7.46. The van der Waals surface area contributed by atoms with Crippen molar-refractivity contribution in [2.24, 2.45) is 0 Å². The van der Waals surface area contributed by atoms with Gasteiger partial charge >= 0.3 is 5.97 Å². The zero-order chi connectivity index (χ0) is 15.1. The Morgan fingerprint density at radius 1 is 1.45 bits per heavy atom. The van der Waals surface area contributed by atoms with Gasteiger partial charge in [0, 0.05) is 13.1 Å². The summed E-state index contributed by atoms with van der Waals surface area (Å²) in [4.78, 5) is 10.4. The normalized spacial score (nSPS) is 20.2. The molecule has 2 N–H and O–H groups in total. The highest BCUT2D eigenvalue weighted by Crippen LogP contribution is 2.27. The fourth-order valence-electron chi connectivity index (χ4n) is 1.95. The molecule has 0 saturated carbocycles. The van der Waals surface area contributed by atoms with Gasteiger partial charge in [-0.2, -0.15) is 4.31 Å². The van der Waals surface area contributed by atoms with E-state index in [-0.39, 0.29) is 19.5 Å². The van der Waals surface area contributed by atoms with Gasteiger partial charge in [-0.05, 0) is 18.6 Å². The van der Waals surface area contributed by atoms with E-state index in [1.54, 1.807) is 0 Å². The van der Waals surface area contributed by atoms with Gasteiger partial charge in [0.1, 0.15) is 5.82 Å². The highest BCUT2D eigenvalue weighted by atomic mass is 35.5. The SMILES string of the molecule is O=C(O)c1cc(S(=O)(=O)N2CCC(O)C2)cc(F)c1Cl. The molecule has 9 heteroatoms. The van der Waals surface area contributed by atoms with Gasteiger partial charge in [0.15, 0.2) is 0 Å². The van der Waals surface area contributed by atoms with Crippen LogP contribution in [0.5, 0.6) is 0 Å². The lowest BCUT2D eigenvalue weighted by Gasteiger charge is -2.16. The smallest absolute Gasteiger partial charge is 0.337 e. The van der Waals surface area contributed by atoms with Gasteiger partial charge in [-0.3, -0.25) is 0 Å². The van der Waals surface area contributed by atoms with E-state index in [1.807, 2.05) is 0 Å². The number of carboxylic acid groups (broad SMARTS) is 1. The first-order valence-electron chi connectivity index (χ1n) is 5.64. The van der Waals surface area contributed by atoms with E-state index in [0.29, 0.717) is 6.07 Å². The summed E-state index contributed by atoms with van der Waals surface area (Å²) in [5.41, 5.74) is -0.620. The van der Waals surface area contributed by atoms with Gasteiger partial charge in [0.2, 0.25) is 10.0 Å². The monoisotopic (exact) mass is 323 g/mol. The Balaban J connectivity index is 2.50. The second-order valence-electron chi connectivity index (χ2n) is 4.38. The van der Waals surface area contributed by atoms with E-state index in [0.717, 1.165) is 10.4 Å². The molecule has 110 valence electrons. The molecule has 1 fully saturated rings. The third kappa shape index (κ3) is 2.64. The molecule has 0 bridgehead atoms. The van der Waals surface area contributed by atoms with Crippen LogP contribution in [-0.2, 0) is 10.0 Å². The molecule has 0 aliphatic carbocycles. The summed E-state index contributed by atoms with van der Waals surface area (Å²) in [6.45, 7) is -0.00880. The summed E-state index contributed by atoms with van der Waals surface area (Å²) in [7, 11) is -4.06. The lowest BCUT2D eigenvalue weighted by atomic mass is 10.2. The number of carboxylic acids is 1. The van der Waals surface area contributed by atoms with Crippen LogP contribution in [0.1, 0.15) is 16.8 Å². The minimum atomic E-state index is -4.06. The Labute approximate surface area is 119 Å². The van der Waals surface area contributed by atoms with E-state index in [1.165, 1.54) is 0 Å². The average Bonchev–Trinajstić information content (AvgIpc) is 2.79. The molecule has 2 rings (SSSR count). The molecule has 1 saturated heterocycles. The summed E-state index contributed by atoms with van der Waals surface area (Å²) in [6, 6.07) is 1.49. The highest BCUT2D eigenvalue weighted by molar-refractivity contribution is 7.89. The van der Waals surface area contributed by atoms with Gasteiger partial charge < -0.3 is 10.2 Å². The zero-order valence-corrected chi connectivity index (χ0v) is 11.7. The van der Waals surface area contributed by atoms with Crippen molar-refractivity contribution in [3.63, 3.8) is 0 Å². The minimum absolute atomic E-state index is 0.0934. The van der Waals surface area contributed by atoms with Crippen molar-refractivity contribution in [1.82, 2.24) is 4.31 Å². The number of nitrogens with zero attached hydrogens (tertiary/aromatic N) is 1. The van der Waals surface area contributed by atoms with E-state index >= 15 is 0 Å². The fourth-order valence-corrected chi connectivity index (χ4v) is 3.67. The van der Waals surface area contributed by atoms with E-state index in [4.69, 9.17) is 16.7 Å². The van der Waals surface area contributed by atoms with Crippen LogP contribution in [0.3, 0.4) is 0 Å². The molecule has 1 aliphatic heterocycles. The number of carbonyl (C=O) groups is 1. The standard InChI is InChI=1S/C11H11ClFNO5S/c12-10-8(11(16)17)3-7(4-9(10)13)20(18,19)14-2-1-6(15)5-14/h3-4,6,15H,1-2,5H2,(H,16,17). The van der Waals surface area contributed by atoms with Gasteiger partial charge in [0.05, 0.1) is 21.6 Å². The van der Waals surface area contributed by atoms with Gasteiger partial charge in [-0.15, -0.1) is 0 Å². The molecule has 0 aromatic heterocycles. The van der Waals surface area contributed by atoms with Crippen LogP contribution in [0.25, 0.3) is 0 Å². The topological polar surface area (TPSA) is 94.9 Å². The third-order valence-corrected chi connectivity index (χ3v) is 5.22. The molecular formula is C11H11ClFNO5S. The van der Waals surface area contributed by atoms with Gasteiger partial charge in [-0.25, -0.2) is 17.6 Å². The number of aliphatic hydroxyl groups excluding tert-OH is 1. The molecule has 20 heavy (non-hydrogen) atoms. The number of halogens is 2. The number of benzene rings is 1. The molecular weight excluding hydrogens is 313 g/mol. The van der Waals surface area contributed by atoms with E-state index < -0.39 is 43.4 Å². The summed E-state index contributed by atoms with van der Waals surface area (Å²) < 4.78 is 39.0. The predicted octanol–water partition coefficient (Wildman–Crippen LogP) is 0.933.